The van der Waals surface area contributed by atoms with Crippen molar-refractivity contribution in [2.75, 3.05) is 13.1 Å². The lowest BCUT2D eigenvalue weighted by Crippen LogP contribution is -2.38. The maximum atomic E-state index is 11.8. The van der Waals surface area contributed by atoms with Crippen molar-refractivity contribution in [2.24, 2.45) is 5.41 Å². The zero-order valence-electron chi connectivity index (χ0n) is 8.29. The quantitative estimate of drug-likeness (QED) is 0.651. The molecule has 0 aromatic heterocycles. The van der Waals surface area contributed by atoms with Gasteiger partial charge in [-0.1, -0.05) is 0 Å². The lowest BCUT2D eigenvalue weighted by Gasteiger charge is -2.20. The van der Waals surface area contributed by atoms with E-state index in [-0.39, 0.29) is 5.91 Å². The average Bonchev–Trinajstić information content (AvgIpc) is 2.85. The number of nitrogens with zero attached hydrogens (tertiary/aromatic N) is 2. The molecular formula is C10H14N2O2. The molecule has 1 N–H and O–H groups in total. The topological polar surface area (TPSA) is 64.3 Å². The van der Waals surface area contributed by atoms with E-state index in [0.717, 1.165) is 0 Å². The van der Waals surface area contributed by atoms with Gasteiger partial charge in [0.1, 0.15) is 5.41 Å². The molecule has 1 unspecified atom stereocenters. The second-order valence-corrected chi connectivity index (χ2v) is 4.67. The summed E-state index contributed by atoms with van der Waals surface area (Å²) in [6, 6.07) is 2.08. The van der Waals surface area contributed by atoms with E-state index in [1.54, 1.807) is 11.8 Å². The van der Waals surface area contributed by atoms with Gasteiger partial charge in [-0.05, 0) is 26.2 Å². The summed E-state index contributed by atoms with van der Waals surface area (Å²) < 4.78 is 0. The average molecular weight is 194 g/mol. The van der Waals surface area contributed by atoms with E-state index in [0.29, 0.717) is 32.4 Å². The van der Waals surface area contributed by atoms with Crippen LogP contribution in [-0.4, -0.2) is 34.6 Å². The Bertz CT molecular complexity index is 313. The summed E-state index contributed by atoms with van der Waals surface area (Å²) in [5.74, 6) is -0.0854. The Morgan fingerprint density at radius 3 is 2.50 bits per heavy atom. The van der Waals surface area contributed by atoms with Gasteiger partial charge in [0.25, 0.3) is 0 Å². The van der Waals surface area contributed by atoms with E-state index in [4.69, 9.17) is 5.26 Å². The van der Waals surface area contributed by atoms with Crippen LogP contribution in [0.3, 0.4) is 0 Å². The number of likely N-dealkylation sites (tertiary alicyclic amines) is 1. The highest BCUT2D eigenvalue weighted by Crippen LogP contribution is 2.47. The van der Waals surface area contributed by atoms with Crippen LogP contribution >= 0.6 is 0 Å². The maximum absolute atomic E-state index is 11.8. The van der Waals surface area contributed by atoms with Crippen molar-refractivity contribution in [2.45, 2.75) is 31.8 Å². The molecule has 14 heavy (non-hydrogen) atoms. The van der Waals surface area contributed by atoms with Crippen molar-refractivity contribution >= 4 is 5.91 Å². The number of carbonyl (C=O) groups excluding carboxylic acids is 1. The van der Waals surface area contributed by atoms with Gasteiger partial charge in [-0.15, -0.1) is 0 Å². The fraction of sp³-hybridized carbons (Fsp3) is 0.800. The zero-order valence-corrected chi connectivity index (χ0v) is 8.29. The van der Waals surface area contributed by atoms with Crippen LogP contribution in [0, 0.1) is 16.7 Å². The molecule has 0 aromatic carbocycles. The highest BCUT2D eigenvalue weighted by atomic mass is 16.3. The molecule has 4 heteroatoms. The van der Waals surface area contributed by atoms with Crippen LogP contribution in [0.5, 0.6) is 0 Å². The highest BCUT2D eigenvalue weighted by Gasteiger charge is 2.54. The largest absolute Gasteiger partial charge is 0.388 e. The monoisotopic (exact) mass is 194 g/mol. The molecule has 2 fully saturated rings. The summed E-state index contributed by atoms with van der Waals surface area (Å²) in [7, 11) is 0. The Kier molecular flexibility index (Phi) is 1.83. The lowest BCUT2D eigenvalue weighted by atomic mass is 10.1. The second kappa shape index (κ2) is 2.71. The van der Waals surface area contributed by atoms with Crippen LogP contribution in [0.15, 0.2) is 0 Å². The van der Waals surface area contributed by atoms with E-state index in [1.807, 2.05) is 0 Å². The number of aliphatic hydroxyl groups is 1. The minimum absolute atomic E-state index is 0.0854. The molecule has 1 saturated heterocycles. The first-order chi connectivity index (χ1) is 6.49. The van der Waals surface area contributed by atoms with E-state index < -0.39 is 11.0 Å². The van der Waals surface area contributed by atoms with Crippen LogP contribution in [-0.2, 0) is 4.79 Å². The molecule has 1 heterocycles. The van der Waals surface area contributed by atoms with Crippen molar-refractivity contribution in [3.63, 3.8) is 0 Å². The molecule has 1 aliphatic heterocycles. The predicted molar refractivity (Wildman–Crippen MR) is 49.1 cm³/mol. The Labute approximate surface area is 83.1 Å². The van der Waals surface area contributed by atoms with Gasteiger partial charge in [0, 0.05) is 13.1 Å². The first kappa shape index (κ1) is 9.47. The molecule has 76 valence electrons. The van der Waals surface area contributed by atoms with E-state index in [1.165, 1.54) is 0 Å². The first-order valence-electron chi connectivity index (χ1n) is 4.92. The van der Waals surface area contributed by atoms with Crippen LogP contribution in [0.1, 0.15) is 26.2 Å². The van der Waals surface area contributed by atoms with Gasteiger partial charge in [-0.25, -0.2) is 0 Å². The fourth-order valence-corrected chi connectivity index (χ4v) is 1.92. The van der Waals surface area contributed by atoms with Gasteiger partial charge in [-0.3, -0.25) is 4.79 Å². The number of rotatable bonds is 1. The van der Waals surface area contributed by atoms with Crippen LogP contribution in [0.2, 0.25) is 0 Å². The van der Waals surface area contributed by atoms with Crippen molar-refractivity contribution < 1.29 is 9.90 Å². The second-order valence-electron chi connectivity index (χ2n) is 4.67. The Morgan fingerprint density at radius 1 is 1.50 bits per heavy atom. The molecule has 2 rings (SSSR count). The van der Waals surface area contributed by atoms with E-state index >= 15 is 0 Å². The summed E-state index contributed by atoms with van der Waals surface area (Å²) in [4.78, 5) is 13.5. The minimum Gasteiger partial charge on any atom is -0.388 e. The number of hydrogen-bond donors (Lipinski definition) is 1. The summed E-state index contributed by atoms with van der Waals surface area (Å²) >= 11 is 0. The number of hydrogen-bond acceptors (Lipinski definition) is 3. The number of carbonyl (C=O) groups is 1. The van der Waals surface area contributed by atoms with Crippen molar-refractivity contribution in [3.8, 4) is 6.07 Å². The van der Waals surface area contributed by atoms with Crippen molar-refractivity contribution in [1.29, 1.82) is 5.26 Å². The standard InChI is InChI=1S/C10H14N2O2/c1-9(14)4-5-12(7-9)8(13)10(6-11)2-3-10/h14H,2-5,7H2,1H3. The Morgan fingerprint density at radius 2 is 2.14 bits per heavy atom. The van der Waals surface area contributed by atoms with Gasteiger partial charge in [0.05, 0.1) is 11.7 Å². The van der Waals surface area contributed by atoms with Crippen molar-refractivity contribution in [3.05, 3.63) is 0 Å². The smallest absolute Gasteiger partial charge is 0.243 e. The van der Waals surface area contributed by atoms with E-state index in [2.05, 4.69) is 6.07 Å². The fourth-order valence-electron chi connectivity index (χ4n) is 1.92. The highest BCUT2D eigenvalue weighted by molar-refractivity contribution is 5.88. The van der Waals surface area contributed by atoms with Gasteiger partial charge >= 0.3 is 0 Å². The van der Waals surface area contributed by atoms with Gasteiger partial charge in [-0.2, -0.15) is 5.26 Å². The molecule has 1 aliphatic carbocycles. The molecule has 0 bridgehead atoms. The summed E-state index contributed by atoms with van der Waals surface area (Å²) in [6.07, 6.45) is 1.97. The summed E-state index contributed by atoms with van der Waals surface area (Å²) in [5, 5.41) is 18.6. The van der Waals surface area contributed by atoms with Crippen molar-refractivity contribution in [1.82, 2.24) is 4.90 Å². The minimum atomic E-state index is -0.763. The predicted octanol–water partition coefficient (Wildman–Crippen LogP) is 0.273. The Balaban J connectivity index is 2.05. The first-order valence-corrected chi connectivity index (χ1v) is 4.92. The Hall–Kier alpha value is -1.08. The summed E-state index contributed by atoms with van der Waals surface area (Å²) in [6.45, 7) is 2.68. The molecule has 4 nitrogen and oxygen atoms in total. The molecule has 1 atom stereocenters. The third-order valence-corrected chi connectivity index (χ3v) is 3.11. The maximum Gasteiger partial charge on any atom is 0.243 e. The van der Waals surface area contributed by atoms with Gasteiger partial charge in [0.15, 0.2) is 0 Å². The lowest BCUT2D eigenvalue weighted by molar-refractivity contribution is -0.134. The number of β-amino-alcohol motifs (C(OH)–C–C–N with tert-alkyl or cyclic N) is 1. The van der Waals surface area contributed by atoms with Crippen LogP contribution in [0.4, 0.5) is 0 Å². The number of amides is 1. The van der Waals surface area contributed by atoms with Gasteiger partial charge in [0.2, 0.25) is 5.91 Å². The molecule has 2 aliphatic rings. The molecular weight excluding hydrogens is 180 g/mol. The molecule has 0 spiro atoms. The van der Waals surface area contributed by atoms with Gasteiger partial charge < -0.3 is 10.0 Å². The third-order valence-electron chi connectivity index (χ3n) is 3.11. The third kappa shape index (κ3) is 1.38. The normalized spacial score (nSPS) is 33.9. The van der Waals surface area contributed by atoms with E-state index in [9.17, 15) is 9.90 Å². The molecule has 1 saturated carbocycles. The molecule has 1 amide bonds. The molecule has 0 radical (unpaired) electrons. The molecule has 0 aromatic rings. The van der Waals surface area contributed by atoms with Crippen LogP contribution < -0.4 is 0 Å². The number of nitriles is 1. The zero-order chi connectivity index (χ0) is 10.4. The van der Waals surface area contributed by atoms with Crippen LogP contribution in [0.25, 0.3) is 0 Å². The SMILES string of the molecule is CC1(O)CCN(C(=O)C2(C#N)CC2)C1. The summed E-state index contributed by atoms with van der Waals surface area (Å²) in [5.41, 5.74) is -1.50.